The van der Waals surface area contributed by atoms with Crippen molar-refractivity contribution in [2.75, 3.05) is 12.0 Å². The number of halogens is 1. The van der Waals surface area contributed by atoms with Crippen LogP contribution in [0.3, 0.4) is 0 Å². The number of nitrogens with two attached hydrogens (primary N) is 1. The van der Waals surface area contributed by atoms with Gasteiger partial charge in [0.2, 0.25) is 0 Å². The molecule has 0 aliphatic carbocycles. The van der Waals surface area contributed by atoms with Crippen molar-refractivity contribution in [1.82, 2.24) is 0 Å². The zero-order chi connectivity index (χ0) is 11.5. The summed E-state index contributed by atoms with van der Waals surface area (Å²) in [6.07, 6.45) is 4.38. The van der Waals surface area contributed by atoms with Gasteiger partial charge in [-0.2, -0.15) is 11.8 Å². The molecule has 2 atom stereocenters. The van der Waals surface area contributed by atoms with Gasteiger partial charge in [0.15, 0.2) is 0 Å². The number of ether oxygens (including phenoxy) is 1. The van der Waals surface area contributed by atoms with Crippen LogP contribution in [0, 0.1) is 0 Å². The topological polar surface area (TPSA) is 35.2 Å². The van der Waals surface area contributed by atoms with Gasteiger partial charge < -0.3 is 10.5 Å². The fraction of sp³-hybridized carbons (Fsp3) is 0.500. The van der Waals surface area contributed by atoms with Crippen LogP contribution in [0.25, 0.3) is 0 Å². The van der Waals surface area contributed by atoms with E-state index in [2.05, 4.69) is 28.3 Å². The van der Waals surface area contributed by atoms with Crippen molar-refractivity contribution in [2.24, 2.45) is 5.73 Å². The Hall–Kier alpha value is -0.190. The van der Waals surface area contributed by atoms with Gasteiger partial charge in [-0.3, -0.25) is 0 Å². The summed E-state index contributed by atoms with van der Waals surface area (Å²) < 4.78 is 7.01. The Morgan fingerprint density at radius 3 is 3.12 bits per heavy atom. The van der Waals surface area contributed by atoms with Crippen molar-refractivity contribution in [3.63, 3.8) is 0 Å². The largest absolute Gasteiger partial charge is 0.490 e. The summed E-state index contributed by atoms with van der Waals surface area (Å²) in [6, 6.07) is 6.20. The average Bonchev–Trinajstić information content (AvgIpc) is 2.25. The number of fused-ring (bicyclic) bond motifs is 1. The van der Waals surface area contributed by atoms with Gasteiger partial charge >= 0.3 is 0 Å². The van der Waals surface area contributed by atoms with Crippen LogP contribution in [0.4, 0.5) is 0 Å². The van der Waals surface area contributed by atoms with E-state index in [1.54, 1.807) is 0 Å². The van der Waals surface area contributed by atoms with Gasteiger partial charge in [-0.1, -0.05) is 22.0 Å². The summed E-state index contributed by atoms with van der Waals surface area (Å²) >= 11 is 5.31. The van der Waals surface area contributed by atoms with E-state index < -0.39 is 0 Å². The smallest absolute Gasteiger partial charge is 0.125 e. The molecule has 1 unspecified atom stereocenters. The summed E-state index contributed by atoms with van der Waals surface area (Å²) in [6.45, 7) is 0. The second-order valence-electron chi connectivity index (χ2n) is 4.05. The summed E-state index contributed by atoms with van der Waals surface area (Å²) in [4.78, 5) is 0. The van der Waals surface area contributed by atoms with Crippen molar-refractivity contribution in [3.05, 3.63) is 28.2 Å². The first-order valence-corrected chi connectivity index (χ1v) is 7.60. The third-order valence-electron chi connectivity index (χ3n) is 2.83. The number of thioether (sulfide) groups is 1. The lowest BCUT2D eigenvalue weighted by molar-refractivity contribution is 0.156. The number of rotatable bonds is 3. The summed E-state index contributed by atoms with van der Waals surface area (Å²) in [5, 5.41) is 0. The fourth-order valence-corrected chi connectivity index (χ4v) is 2.82. The van der Waals surface area contributed by atoms with Gasteiger partial charge in [-0.15, -0.1) is 0 Å². The van der Waals surface area contributed by atoms with Gasteiger partial charge in [0.25, 0.3) is 0 Å². The second-order valence-corrected chi connectivity index (χ2v) is 5.95. The Morgan fingerprint density at radius 2 is 2.38 bits per heavy atom. The molecule has 1 aliphatic rings. The first-order valence-electron chi connectivity index (χ1n) is 5.41. The molecule has 0 saturated carbocycles. The molecule has 0 amide bonds. The molecule has 0 spiro atoms. The molecule has 1 aromatic rings. The molecular weight excluding hydrogens is 286 g/mol. The second kappa shape index (κ2) is 5.43. The van der Waals surface area contributed by atoms with E-state index in [-0.39, 0.29) is 12.1 Å². The minimum Gasteiger partial charge on any atom is -0.490 e. The van der Waals surface area contributed by atoms with E-state index in [1.807, 2.05) is 23.9 Å². The van der Waals surface area contributed by atoms with Gasteiger partial charge in [-0.25, -0.2) is 0 Å². The third-order valence-corrected chi connectivity index (χ3v) is 3.97. The predicted molar refractivity (Wildman–Crippen MR) is 73.1 cm³/mol. The van der Waals surface area contributed by atoms with Crippen LogP contribution in [-0.2, 0) is 0 Å². The molecular formula is C12H16BrNOS. The van der Waals surface area contributed by atoms with E-state index in [0.29, 0.717) is 0 Å². The lowest BCUT2D eigenvalue weighted by Crippen LogP contribution is -2.29. The first-order chi connectivity index (χ1) is 7.70. The van der Waals surface area contributed by atoms with Crippen molar-refractivity contribution in [1.29, 1.82) is 0 Å². The van der Waals surface area contributed by atoms with Crippen molar-refractivity contribution in [3.8, 4) is 5.75 Å². The van der Waals surface area contributed by atoms with Gasteiger partial charge in [0.1, 0.15) is 11.9 Å². The van der Waals surface area contributed by atoms with E-state index in [1.165, 1.54) is 0 Å². The molecule has 0 aromatic heterocycles. The Balaban J connectivity index is 2.14. The van der Waals surface area contributed by atoms with Crippen LogP contribution in [0.2, 0.25) is 0 Å². The van der Waals surface area contributed by atoms with Gasteiger partial charge in [0, 0.05) is 22.5 Å². The Kier molecular flexibility index (Phi) is 4.16. The van der Waals surface area contributed by atoms with Crippen molar-refractivity contribution < 1.29 is 4.74 Å². The molecule has 16 heavy (non-hydrogen) atoms. The molecule has 0 saturated heterocycles. The first kappa shape index (κ1) is 12.3. The van der Waals surface area contributed by atoms with E-state index >= 15 is 0 Å². The summed E-state index contributed by atoms with van der Waals surface area (Å²) in [5.74, 6) is 2.07. The molecule has 0 fully saturated rings. The molecule has 2 N–H and O–H groups in total. The molecule has 1 heterocycles. The minimum atomic E-state index is 0.115. The number of benzene rings is 1. The molecule has 0 radical (unpaired) electrons. The Labute approximate surface area is 109 Å². The quantitative estimate of drug-likeness (QED) is 0.930. The van der Waals surface area contributed by atoms with Crippen LogP contribution in [-0.4, -0.2) is 18.1 Å². The third kappa shape index (κ3) is 2.73. The molecule has 1 aliphatic heterocycles. The average molecular weight is 302 g/mol. The fourth-order valence-electron chi connectivity index (χ4n) is 1.98. The minimum absolute atomic E-state index is 0.115. The summed E-state index contributed by atoms with van der Waals surface area (Å²) in [5.41, 5.74) is 7.28. The zero-order valence-corrected chi connectivity index (χ0v) is 11.7. The molecule has 2 rings (SSSR count). The van der Waals surface area contributed by atoms with Crippen LogP contribution in [0.15, 0.2) is 22.7 Å². The van der Waals surface area contributed by atoms with E-state index in [4.69, 9.17) is 10.5 Å². The monoisotopic (exact) mass is 301 g/mol. The van der Waals surface area contributed by atoms with Crippen LogP contribution >= 0.6 is 27.7 Å². The number of hydrogen-bond acceptors (Lipinski definition) is 3. The standard InChI is InChI=1S/C12H16BrNOS/c1-16-5-4-9-7-11(14)10-3-2-8(13)6-12(10)15-9/h2-3,6,9,11H,4-5,7,14H2,1H3/t9?,11-/m1/s1. The lowest BCUT2D eigenvalue weighted by Gasteiger charge is -2.30. The zero-order valence-electron chi connectivity index (χ0n) is 9.28. The van der Waals surface area contributed by atoms with Crippen molar-refractivity contribution >= 4 is 27.7 Å². The molecule has 4 heteroatoms. The van der Waals surface area contributed by atoms with Crippen LogP contribution in [0.5, 0.6) is 5.75 Å². The van der Waals surface area contributed by atoms with Crippen molar-refractivity contribution in [2.45, 2.75) is 25.0 Å². The highest BCUT2D eigenvalue weighted by atomic mass is 79.9. The molecule has 88 valence electrons. The van der Waals surface area contributed by atoms with Crippen LogP contribution < -0.4 is 10.5 Å². The SMILES string of the molecule is CSCCC1C[C@@H](N)c2ccc(Br)cc2O1. The number of hydrogen-bond donors (Lipinski definition) is 1. The van der Waals surface area contributed by atoms with Crippen LogP contribution in [0.1, 0.15) is 24.4 Å². The predicted octanol–water partition coefficient (Wildman–Crippen LogP) is 3.35. The van der Waals surface area contributed by atoms with Gasteiger partial charge in [0.05, 0.1) is 0 Å². The lowest BCUT2D eigenvalue weighted by atomic mass is 9.96. The highest BCUT2D eigenvalue weighted by molar-refractivity contribution is 9.10. The molecule has 2 nitrogen and oxygen atoms in total. The maximum atomic E-state index is 6.16. The maximum absolute atomic E-state index is 6.16. The van der Waals surface area contributed by atoms with E-state index in [9.17, 15) is 0 Å². The molecule has 1 aromatic carbocycles. The Bertz CT molecular complexity index is 372. The highest BCUT2D eigenvalue weighted by Crippen LogP contribution is 2.36. The van der Waals surface area contributed by atoms with Gasteiger partial charge in [-0.05, 0) is 30.6 Å². The van der Waals surface area contributed by atoms with E-state index in [0.717, 1.165) is 34.4 Å². The Morgan fingerprint density at radius 1 is 1.56 bits per heavy atom. The molecule has 0 bridgehead atoms. The normalized spacial score (nSPS) is 23.7. The maximum Gasteiger partial charge on any atom is 0.125 e. The summed E-state index contributed by atoms with van der Waals surface area (Å²) in [7, 11) is 0. The highest BCUT2D eigenvalue weighted by Gasteiger charge is 2.25.